The Bertz CT molecular complexity index is 346. The van der Waals surface area contributed by atoms with Crippen LogP contribution in [0.2, 0.25) is 0 Å². The van der Waals surface area contributed by atoms with Gasteiger partial charge in [0.1, 0.15) is 0 Å². The molecule has 0 saturated heterocycles. The lowest BCUT2D eigenvalue weighted by Crippen LogP contribution is -2.17. The Morgan fingerprint density at radius 2 is 2.00 bits per heavy atom. The van der Waals surface area contributed by atoms with Crippen LogP contribution in [0.4, 0.5) is 18.9 Å². The van der Waals surface area contributed by atoms with E-state index in [1.807, 2.05) is 0 Å². The van der Waals surface area contributed by atoms with E-state index in [1.54, 1.807) is 0 Å². The summed E-state index contributed by atoms with van der Waals surface area (Å²) in [6.45, 7) is 3.46. The second kappa shape index (κ2) is 3.61. The minimum atomic E-state index is -4.72. The molecule has 0 radical (unpaired) electrons. The summed E-state index contributed by atoms with van der Waals surface area (Å²) in [7, 11) is 0. The predicted molar refractivity (Wildman–Crippen MR) is 47.6 cm³/mol. The molecule has 0 aliphatic rings. The lowest BCUT2D eigenvalue weighted by Gasteiger charge is -2.11. The van der Waals surface area contributed by atoms with Gasteiger partial charge < -0.3 is 10.5 Å². The van der Waals surface area contributed by atoms with Gasteiger partial charge in [-0.15, -0.1) is 13.2 Å². The number of nitrogen functional groups attached to an aromatic ring is 1. The van der Waals surface area contributed by atoms with E-state index in [0.717, 1.165) is 6.07 Å². The van der Waals surface area contributed by atoms with Gasteiger partial charge >= 0.3 is 6.36 Å². The first-order valence-corrected chi connectivity index (χ1v) is 3.70. The number of ether oxygens (including phenoxy) is 1. The van der Waals surface area contributed by atoms with Crippen molar-refractivity contribution in [2.45, 2.75) is 6.36 Å². The Labute approximate surface area is 78.8 Å². The Hall–Kier alpha value is -1.65. The predicted octanol–water partition coefficient (Wildman–Crippen LogP) is 2.81. The first-order chi connectivity index (χ1) is 6.42. The zero-order valence-corrected chi connectivity index (χ0v) is 7.14. The number of hydrogen-bond acceptors (Lipinski definition) is 2. The van der Waals surface area contributed by atoms with Crippen molar-refractivity contribution in [2.75, 3.05) is 5.73 Å². The molecule has 0 aliphatic heterocycles. The Morgan fingerprint density at radius 1 is 1.36 bits per heavy atom. The van der Waals surface area contributed by atoms with Gasteiger partial charge in [-0.3, -0.25) is 0 Å². The van der Waals surface area contributed by atoms with Crippen molar-refractivity contribution in [3.8, 4) is 5.75 Å². The molecule has 76 valence electrons. The number of halogens is 3. The average Bonchev–Trinajstić information content (AvgIpc) is 2.06. The molecular weight excluding hydrogens is 195 g/mol. The highest BCUT2D eigenvalue weighted by Gasteiger charge is 2.31. The number of benzene rings is 1. The molecule has 1 aromatic rings. The van der Waals surface area contributed by atoms with Gasteiger partial charge in [0.25, 0.3) is 0 Å². The molecule has 0 saturated carbocycles. The molecule has 2 N–H and O–H groups in total. The van der Waals surface area contributed by atoms with Gasteiger partial charge in [0, 0.05) is 0 Å². The summed E-state index contributed by atoms with van der Waals surface area (Å²) in [6, 6.07) is 3.94. The number of anilines is 1. The molecule has 5 heteroatoms. The van der Waals surface area contributed by atoms with Crippen molar-refractivity contribution in [1.82, 2.24) is 0 Å². The summed E-state index contributed by atoms with van der Waals surface area (Å²) in [5.74, 6) is -0.400. The van der Waals surface area contributed by atoms with Crippen LogP contribution >= 0.6 is 0 Å². The normalized spacial score (nSPS) is 11.1. The van der Waals surface area contributed by atoms with Crippen LogP contribution in [0.1, 0.15) is 5.56 Å². The number of nitrogens with two attached hydrogens (primary N) is 1. The molecule has 1 rings (SSSR count). The molecule has 0 spiro atoms. The van der Waals surface area contributed by atoms with Crippen molar-refractivity contribution in [2.24, 2.45) is 0 Å². The van der Waals surface area contributed by atoms with E-state index in [0.29, 0.717) is 5.56 Å². The first kappa shape index (κ1) is 10.4. The zero-order valence-electron chi connectivity index (χ0n) is 7.14. The van der Waals surface area contributed by atoms with Crippen LogP contribution in [0, 0.1) is 0 Å². The molecular formula is C9H8F3NO. The lowest BCUT2D eigenvalue weighted by atomic mass is 10.2. The first-order valence-electron chi connectivity index (χ1n) is 3.70. The quantitative estimate of drug-likeness (QED) is 0.750. The SMILES string of the molecule is C=Cc1ccc(OC(F)(F)F)c(N)c1. The standard InChI is InChI=1S/C9H8F3NO/c1-2-6-3-4-8(7(13)5-6)14-9(10,11)12/h2-5H,1,13H2. The maximum atomic E-state index is 11.8. The van der Waals surface area contributed by atoms with Crippen LogP contribution in [-0.4, -0.2) is 6.36 Å². The van der Waals surface area contributed by atoms with Crippen LogP contribution in [-0.2, 0) is 0 Å². The highest BCUT2D eigenvalue weighted by atomic mass is 19.4. The Morgan fingerprint density at radius 3 is 2.43 bits per heavy atom. The van der Waals surface area contributed by atoms with Gasteiger partial charge in [-0.25, -0.2) is 0 Å². The van der Waals surface area contributed by atoms with Gasteiger partial charge in [0.2, 0.25) is 0 Å². The largest absolute Gasteiger partial charge is 0.573 e. The van der Waals surface area contributed by atoms with Crippen molar-refractivity contribution < 1.29 is 17.9 Å². The molecule has 14 heavy (non-hydrogen) atoms. The van der Waals surface area contributed by atoms with E-state index in [-0.39, 0.29) is 5.69 Å². The average molecular weight is 203 g/mol. The molecule has 0 bridgehead atoms. The third-order valence-electron chi connectivity index (χ3n) is 1.50. The second-order valence-electron chi connectivity index (χ2n) is 2.55. The molecule has 2 nitrogen and oxygen atoms in total. The third kappa shape index (κ3) is 2.69. The van der Waals surface area contributed by atoms with Crippen LogP contribution in [0.15, 0.2) is 24.8 Å². The summed E-state index contributed by atoms with van der Waals surface area (Å²) in [6.07, 6.45) is -3.24. The molecule has 1 aromatic carbocycles. The second-order valence-corrected chi connectivity index (χ2v) is 2.55. The van der Waals surface area contributed by atoms with Crippen LogP contribution in [0.25, 0.3) is 6.08 Å². The molecule has 0 amide bonds. The van der Waals surface area contributed by atoms with E-state index >= 15 is 0 Å². The number of hydrogen-bond donors (Lipinski definition) is 1. The molecule has 0 aliphatic carbocycles. The van der Waals surface area contributed by atoms with Crippen molar-refractivity contribution in [3.63, 3.8) is 0 Å². The van der Waals surface area contributed by atoms with Crippen molar-refractivity contribution >= 4 is 11.8 Å². The molecule has 0 fully saturated rings. The van der Waals surface area contributed by atoms with E-state index in [2.05, 4.69) is 11.3 Å². The minimum absolute atomic E-state index is 0.0697. The van der Waals surface area contributed by atoms with Gasteiger partial charge in [0.05, 0.1) is 5.69 Å². The highest BCUT2D eigenvalue weighted by Crippen LogP contribution is 2.28. The van der Waals surface area contributed by atoms with Gasteiger partial charge in [-0.1, -0.05) is 18.7 Å². The highest BCUT2D eigenvalue weighted by molar-refractivity contribution is 5.61. The maximum absolute atomic E-state index is 11.8. The van der Waals surface area contributed by atoms with Gasteiger partial charge in [0.15, 0.2) is 5.75 Å². The van der Waals surface area contributed by atoms with Crippen molar-refractivity contribution in [3.05, 3.63) is 30.3 Å². The summed E-state index contributed by atoms with van der Waals surface area (Å²) >= 11 is 0. The smallest absolute Gasteiger partial charge is 0.404 e. The summed E-state index contributed by atoms with van der Waals surface area (Å²) in [4.78, 5) is 0. The van der Waals surface area contributed by atoms with Gasteiger partial charge in [-0.2, -0.15) is 0 Å². The Kier molecular flexibility index (Phi) is 2.69. The van der Waals surface area contributed by atoms with Crippen LogP contribution in [0.3, 0.4) is 0 Å². The number of rotatable bonds is 2. The van der Waals surface area contributed by atoms with Gasteiger partial charge in [-0.05, 0) is 17.7 Å². The third-order valence-corrected chi connectivity index (χ3v) is 1.50. The van der Waals surface area contributed by atoms with Crippen LogP contribution < -0.4 is 10.5 Å². The maximum Gasteiger partial charge on any atom is 0.573 e. The topological polar surface area (TPSA) is 35.2 Å². The monoisotopic (exact) mass is 203 g/mol. The summed E-state index contributed by atoms with van der Waals surface area (Å²) in [5.41, 5.74) is 5.90. The van der Waals surface area contributed by atoms with Crippen LogP contribution in [0.5, 0.6) is 5.75 Å². The summed E-state index contributed by atoms with van der Waals surface area (Å²) in [5, 5.41) is 0. The van der Waals surface area contributed by atoms with E-state index in [4.69, 9.17) is 5.73 Å². The fraction of sp³-hybridized carbons (Fsp3) is 0.111. The van der Waals surface area contributed by atoms with E-state index in [1.165, 1.54) is 18.2 Å². The minimum Gasteiger partial charge on any atom is -0.404 e. The molecule has 0 heterocycles. The molecule has 0 aromatic heterocycles. The molecule has 0 atom stereocenters. The fourth-order valence-electron chi connectivity index (χ4n) is 0.912. The Balaban J connectivity index is 2.95. The van der Waals surface area contributed by atoms with E-state index in [9.17, 15) is 13.2 Å². The summed E-state index contributed by atoms with van der Waals surface area (Å²) < 4.78 is 39.1. The lowest BCUT2D eigenvalue weighted by molar-refractivity contribution is -0.274. The van der Waals surface area contributed by atoms with E-state index < -0.39 is 12.1 Å². The molecule has 0 unspecified atom stereocenters. The fourth-order valence-corrected chi connectivity index (χ4v) is 0.912. The van der Waals surface area contributed by atoms with Crippen molar-refractivity contribution in [1.29, 1.82) is 0 Å². The zero-order chi connectivity index (χ0) is 10.8. The number of alkyl halides is 3.